The second-order valence-corrected chi connectivity index (χ2v) is 17.9. The van der Waals surface area contributed by atoms with E-state index in [4.69, 9.17) is 8.85 Å². The lowest BCUT2D eigenvalue weighted by atomic mass is 9.88. The van der Waals surface area contributed by atoms with Crippen LogP contribution in [-0.2, 0) is 15.3 Å². The van der Waals surface area contributed by atoms with Gasteiger partial charge < -0.3 is 8.85 Å². The van der Waals surface area contributed by atoms with Crippen molar-refractivity contribution in [2.75, 3.05) is 0 Å². The molecule has 3 atom stereocenters. The molecule has 4 heteroatoms. The summed E-state index contributed by atoms with van der Waals surface area (Å²) in [7, 11) is -3.12. The average Bonchev–Trinajstić information content (AvgIpc) is 3.30. The first-order valence-electron chi connectivity index (χ1n) is 9.73. The third-order valence-electron chi connectivity index (χ3n) is 5.68. The van der Waals surface area contributed by atoms with E-state index >= 15 is 0 Å². The van der Waals surface area contributed by atoms with Gasteiger partial charge in [-0.3, -0.25) is 0 Å². The van der Waals surface area contributed by atoms with E-state index in [-0.39, 0.29) is 0 Å². The molecule has 1 saturated heterocycles. The van der Waals surface area contributed by atoms with Gasteiger partial charge in [0.05, 0.1) is 12.2 Å². The van der Waals surface area contributed by atoms with E-state index in [9.17, 15) is 0 Å². The second-order valence-electron chi connectivity index (χ2n) is 9.04. The van der Waals surface area contributed by atoms with E-state index < -0.39 is 16.6 Å². The van der Waals surface area contributed by atoms with E-state index in [2.05, 4.69) is 56.5 Å². The van der Waals surface area contributed by atoms with Gasteiger partial charge in [-0.05, 0) is 75.4 Å². The van der Waals surface area contributed by atoms with Crippen LogP contribution in [0.25, 0.3) is 0 Å². The first-order valence-corrected chi connectivity index (χ1v) is 16.0. The third kappa shape index (κ3) is 5.55. The van der Waals surface area contributed by atoms with Crippen molar-refractivity contribution in [3.8, 4) is 0 Å². The molecular weight excluding hydrogens is 328 g/mol. The summed E-state index contributed by atoms with van der Waals surface area (Å²) in [6.07, 6.45) is 7.75. The van der Waals surface area contributed by atoms with Crippen molar-refractivity contribution in [3.05, 3.63) is 35.9 Å². The maximum Gasteiger partial charge on any atom is 0.173 e. The Morgan fingerprint density at radius 1 is 0.958 bits per heavy atom. The molecule has 0 aromatic heterocycles. The SMILES string of the molecule is C[Si](C)(CCc1ccccc1)O[Si](C)(C)CCC1CCC2OC2C1. The highest BCUT2D eigenvalue weighted by molar-refractivity contribution is 6.84. The van der Waals surface area contributed by atoms with Gasteiger partial charge in [0.1, 0.15) is 0 Å². The van der Waals surface area contributed by atoms with Gasteiger partial charge >= 0.3 is 0 Å². The van der Waals surface area contributed by atoms with Crippen LogP contribution in [0, 0.1) is 5.92 Å². The largest absolute Gasteiger partial charge is 0.455 e. The molecule has 1 aromatic carbocycles. The van der Waals surface area contributed by atoms with Crippen LogP contribution in [0.5, 0.6) is 0 Å². The van der Waals surface area contributed by atoms with Crippen LogP contribution < -0.4 is 0 Å². The number of hydrogen-bond acceptors (Lipinski definition) is 2. The van der Waals surface area contributed by atoms with Gasteiger partial charge in [0.2, 0.25) is 0 Å². The summed E-state index contributed by atoms with van der Waals surface area (Å²) in [4.78, 5) is 0. The Bertz CT molecular complexity index is 530. The molecule has 0 spiro atoms. The van der Waals surface area contributed by atoms with Crippen LogP contribution in [0.3, 0.4) is 0 Å². The Balaban J connectivity index is 1.43. The lowest BCUT2D eigenvalue weighted by molar-refractivity contribution is 0.355. The monoisotopic (exact) mass is 362 g/mol. The van der Waals surface area contributed by atoms with Gasteiger partial charge in [0.15, 0.2) is 16.6 Å². The van der Waals surface area contributed by atoms with Crippen molar-refractivity contribution in [3.63, 3.8) is 0 Å². The minimum Gasteiger partial charge on any atom is -0.455 e. The maximum absolute atomic E-state index is 6.82. The highest BCUT2D eigenvalue weighted by Gasteiger charge is 2.44. The minimum absolute atomic E-state index is 0.617. The van der Waals surface area contributed by atoms with Crippen molar-refractivity contribution in [2.45, 2.75) is 82.6 Å². The summed E-state index contributed by atoms with van der Waals surface area (Å²) in [6, 6.07) is 13.4. The lowest BCUT2D eigenvalue weighted by Crippen LogP contribution is -2.44. The molecule has 134 valence electrons. The minimum atomic E-state index is -1.58. The van der Waals surface area contributed by atoms with Crippen molar-refractivity contribution < 1.29 is 8.85 Å². The third-order valence-corrected chi connectivity index (χ3v) is 13.0. The van der Waals surface area contributed by atoms with Gasteiger partial charge in [-0.2, -0.15) is 0 Å². The Hall–Kier alpha value is -0.426. The van der Waals surface area contributed by atoms with Crippen LogP contribution in [0.2, 0.25) is 38.3 Å². The van der Waals surface area contributed by atoms with Crippen LogP contribution in [0.15, 0.2) is 30.3 Å². The van der Waals surface area contributed by atoms with Crippen LogP contribution in [0.1, 0.15) is 31.2 Å². The first-order chi connectivity index (χ1) is 11.3. The van der Waals surface area contributed by atoms with Crippen molar-refractivity contribution in [2.24, 2.45) is 5.92 Å². The molecule has 24 heavy (non-hydrogen) atoms. The summed E-state index contributed by atoms with van der Waals surface area (Å²) in [6.45, 7) is 9.69. The van der Waals surface area contributed by atoms with Gasteiger partial charge in [-0.25, -0.2) is 0 Å². The molecule has 3 unspecified atom stereocenters. The molecule has 0 radical (unpaired) electrons. The zero-order valence-electron chi connectivity index (χ0n) is 15.9. The zero-order chi connectivity index (χ0) is 17.2. The summed E-state index contributed by atoms with van der Waals surface area (Å²) >= 11 is 0. The number of fused-ring (bicyclic) bond motifs is 1. The van der Waals surface area contributed by atoms with E-state index in [1.54, 1.807) is 0 Å². The normalized spacial score (nSPS) is 26.9. The summed E-state index contributed by atoms with van der Waals surface area (Å²) < 4.78 is 12.5. The fourth-order valence-corrected chi connectivity index (χ4v) is 13.0. The number of aryl methyl sites for hydroxylation is 1. The smallest absolute Gasteiger partial charge is 0.173 e. The molecule has 1 aliphatic carbocycles. The fourth-order valence-electron chi connectivity index (χ4n) is 4.24. The molecule has 1 saturated carbocycles. The van der Waals surface area contributed by atoms with Gasteiger partial charge in [-0.15, -0.1) is 0 Å². The molecule has 0 bridgehead atoms. The van der Waals surface area contributed by atoms with Gasteiger partial charge in [0, 0.05) is 0 Å². The fraction of sp³-hybridized carbons (Fsp3) is 0.700. The summed E-state index contributed by atoms with van der Waals surface area (Å²) in [5.74, 6) is 0.887. The molecule has 2 fully saturated rings. The molecule has 0 N–H and O–H groups in total. The summed E-state index contributed by atoms with van der Waals surface area (Å²) in [5.41, 5.74) is 1.45. The molecule has 2 nitrogen and oxygen atoms in total. The Kier molecular flexibility index (Phi) is 5.70. The van der Waals surface area contributed by atoms with E-state index in [0.29, 0.717) is 12.2 Å². The molecule has 3 rings (SSSR count). The molecule has 1 aromatic rings. The topological polar surface area (TPSA) is 21.8 Å². The number of rotatable bonds is 8. The number of epoxide rings is 1. The summed E-state index contributed by atoms with van der Waals surface area (Å²) in [5, 5.41) is 0. The van der Waals surface area contributed by atoms with Crippen molar-refractivity contribution >= 4 is 16.6 Å². The Labute approximate surface area is 150 Å². The molecule has 2 aliphatic rings. The van der Waals surface area contributed by atoms with Crippen molar-refractivity contribution in [1.29, 1.82) is 0 Å². The predicted molar refractivity (Wildman–Crippen MR) is 106 cm³/mol. The van der Waals surface area contributed by atoms with E-state index in [1.807, 2.05) is 0 Å². The number of ether oxygens (including phenoxy) is 1. The average molecular weight is 363 g/mol. The lowest BCUT2D eigenvalue weighted by Gasteiger charge is -2.35. The Morgan fingerprint density at radius 3 is 2.38 bits per heavy atom. The van der Waals surface area contributed by atoms with Crippen LogP contribution in [-0.4, -0.2) is 28.8 Å². The molecular formula is C20H34O2Si2. The van der Waals surface area contributed by atoms with Gasteiger partial charge in [-0.1, -0.05) is 36.8 Å². The van der Waals surface area contributed by atoms with E-state index in [0.717, 1.165) is 12.3 Å². The van der Waals surface area contributed by atoms with Gasteiger partial charge in [0.25, 0.3) is 0 Å². The second kappa shape index (κ2) is 7.44. The quantitative estimate of drug-likeness (QED) is 0.442. The first kappa shape index (κ1) is 18.4. The number of hydrogen-bond donors (Lipinski definition) is 0. The van der Waals surface area contributed by atoms with Crippen molar-refractivity contribution in [1.82, 2.24) is 0 Å². The van der Waals surface area contributed by atoms with E-state index in [1.165, 1.54) is 43.3 Å². The van der Waals surface area contributed by atoms with Crippen LogP contribution >= 0.6 is 0 Å². The standard InChI is InChI=1S/C20H34O2Si2/c1-23(2,14-12-17-8-6-5-7-9-17)22-24(3,4)15-13-18-10-11-19-20(16-18)21-19/h5-9,18-20H,10-16H2,1-4H3. The molecule has 1 heterocycles. The highest BCUT2D eigenvalue weighted by atomic mass is 28.4. The van der Waals surface area contributed by atoms with Crippen LogP contribution in [0.4, 0.5) is 0 Å². The predicted octanol–water partition coefficient (Wildman–Crippen LogP) is 5.61. The zero-order valence-corrected chi connectivity index (χ0v) is 17.9. The Morgan fingerprint density at radius 2 is 1.67 bits per heavy atom. The number of benzene rings is 1. The molecule has 0 amide bonds. The molecule has 1 aliphatic heterocycles. The maximum atomic E-state index is 6.82. The highest BCUT2D eigenvalue weighted by Crippen LogP contribution is 2.41.